The van der Waals surface area contributed by atoms with Gasteiger partial charge in [0.25, 0.3) is 0 Å². The lowest BCUT2D eigenvalue weighted by Crippen LogP contribution is -2.25. The van der Waals surface area contributed by atoms with Crippen molar-refractivity contribution in [3.8, 4) is 0 Å². The Kier molecular flexibility index (Phi) is 5.81. The summed E-state index contributed by atoms with van der Waals surface area (Å²) >= 11 is 7.62. The van der Waals surface area contributed by atoms with Crippen LogP contribution in [0.15, 0.2) is 54.6 Å². The molecule has 7 heteroatoms. The molecule has 0 spiro atoms. The van der Waals surface area contributed by atoms with Crippen molar-refractivity contribution >= 4 is 50.6 Å². The highest BCUT2D eigenvalue weighted by Crippen LogP contribution is 2.41. The molecule has 3 heterocycles. The molecule has 0 atom stereocenters. The molecule has 0 amide bonds. The number of ether oxygens (including phenoxy) is 1. The fraction of sp³-hybridized carbons (Fsp3) is 0.240. The van der Waals surface area contributed by atoms with E-state index in [0.29, 0.717) is 22.7 Å². The van der Waals surface area contributed by atoms with E-state index in [1.54, 1.807) is 0 Å². The Bertz CT molecular complexity index is 1290. The van der Waals surface area contributed by atoms with Gasteiger partial charge in [-0.1, -0.05) is 48.5 Å². The molecule has 2 aromatic heterocycles. The first kappa shape index (κ1) is 20.9. The maximum atomic E-state index is 12.9. The molecule has 0 saturated heterocycles. The van der Waals surface area contributed by atoms with Crippen LogP contribution in [-0.4, -0.2) is 29.1 Å². The van der Waals surface area contributed by atoms with E-state index in [0.717, 1.165) is 47.4 Å². The number of esters is 1. The molecule has 0 N–H and O–H groups in total. The quantitative estimate of drug-likeness (QED) is 0.263. The maximum Gasteiger partial charge on any atom is 0.348 e. The standard InChI is InChI=1S/C25H22ClN3O2S/c1-16-20-22(29-14-7-11-18-10-5-6-12-19(18)29)27-25(26)28-23(20)32-21(16)24(30)31-15-13-17-8-3-2-4-9-17/h2-6,8-10,12H,7,11,13-15H2,1H3. The number of rotatable bonds is 5. The monoisotopic (exact) mass is 463 g/mol. The number of carbonyl (C=O) groups is 1. The largest absolute Gasteiger partial charge is 0.461 e. The van der Waals surface area contributed by atoms with E-state index in [-0.39, 0.29) is 11.3 Å². The van der Waals surface area contributed by atoms with Crippen LogP contribution in [0.5, 0.6) is 0 Å². The van der Waals surface area contributed by atoms with Crippen molar-refractivity contribution in [2.24, 2.45) is 0 Å². The van der Waals surface area contributed by atoms with E-state index in [4.69, 9.17) is 16.3 Å². The first-order valence-electron chi connectivity index (χ1n) is 10.6. The Morgan fingerprint density at radius 1 is 1.12 bits per heavy atom. The molecule has 4 aromatic rings. The van der Waals surface area contributed by atoms with E-state index in [1.165, 1.54) is 16.9 Å². The molecule has 5 rings (SSSR count). The molecular formula is C25H22ClN3O2S. The maximum absolute atomic E-state index is 12.9. The van der Waals surface area contributed by atoms with Gasteiger partial charge in [-0.25, -0.2) is 9.78 Å². The normalized spacial score (nSPS) is 13.2. The first-order valence-corrected chi connectivity index (χ1v) is 11.8. The topological polar surface area (TPSA) is 55.3 Å². The summed E-state index contributed by atoms with van der Waals surface area (Å²) in [7, 11) is 0. The Labute approximate surface area is 195 Å². The number of carbonyl (C=O) groups excluding carboxylic acids is 1. The minimum absolute atomic E-state index is 0.181. The van der Waals surface area contributed by atoms with Gasteiger partial charge in [-0.15, -0.1) is 11.3 Å². The molecule has 1 aliphatic rings. The molecule has 2 aromatic carbocycles. The second kappa shape index (κ2) is 8.88. The number of halogens is 1. The van der Waals surface area contributed by atoms with Gasteiger partial charge in [0.1, 0.15) is 15.5 Å². The second-order valence-corrected chi connectivity index (χ2v) is 9.15. The number of para-hydroxylation sites is 1. The summed E-state index contributed by atoms with van der Waals surface area (Å²) in [6.07, 6.45) is 2.74. The number of aromatic nitrogens is 2. The molecule has 0 bridgehead atoms. The van der Waals surface area contributed by atoms with Gasteiger partial charge >= 0.3 is 5.97 Å². The van der Waals surface area contributed by atoms with Crippen LogP contribution < -0.4 is 4.90 Å². The molecule has 0 aliphatic carbocycles. The van der Waals surface area contributed by atoms with Gasteiger partial charge < -0.3 is 9.64 Å². The number of benzene rings is 2. The highest BCUT2D eigenvalue weighted by Gasteiger charge is 2.26. The van der Waals surface area contributed by atoms with Crippen molar-refractivity contribution in [1.82, 2.24) is 9.97 Å². The average Bonchev–Trinajstić information content (AvgIpc) is 3.15. The highest BCUT2D eigenvalue weighted by atomic mass is 35.5. The van der Waals surface area contributed by atoms with Crippen LogP contribution in [0.2, 0.25) is 5.28 Å². The number of fused-ring (bicyclic) bond motifs is 2. The minimum Gasteiger partial charge on any atom is -0.461 e. The lowest BCUT2D eigenvalue weighted by Gasteiger charge is -2.31. The average molecular weight is 464 g/mol. The summed E-state index contributed by atoms with van der Waals surface area (Å²) in [5, 5.41) is 1.05. The predicted octanol–water partition coefficient (Wildman–Crippen LogP) is 6.14. The number of anilines is 2. The summed E-state index contributed by atoms with van der Waals surface area (Å²) in [6.45, 7) is 3.10. The third-order valence-electron chi connectivity index (χ3n) is 5.76. The third-order valence-corrected chi connectivity index (χ3v) is 7.10. The fourth-order valence-corrected chi connectivity index (χ4v) is 5.49. The van der Waals surface area contributed by atoms with Gasteiger partial charge in [0.2, 0.25) is 5.28 Å². The van der Waals surface area contributed by atoms with Gasteiger partial charge in [-0.05, 0) is 54.1 Å². The van der Waals surface area contributed by atoms with Crippen molar-refractivity contribution in [3.05, 3.63) is 81.4 Å². The number of hydrogen-bond acceptors (Lipinski definition) is 6. The van der Waals surface area contributed by atoms with Gasteiger partial charge in [0.05, 0.1) is 12.0 Å². The van der Waals surface area contributed by atoms with E-state index in [9.17, 15) is 4.79 Å². The summed E-state index contributed by atoms with van der Waals surface area (Å²) in [5.41, 5.74) is 4.39. The Morgan fingerprint density at radius 3 is 2.75 bits per heavy atom. The lowest BCUT2D eigenvalue weighted by atomic mass is 10.0. The van der Waals surface area contributed by atoms with E-state index >= 15 is 0 Å². The Balaban J connectivity index is 1.47. The second-order valence-electron chi connectivity index (χ2n) is 7.81. The van der Waals surface area contributed by atoms with E-state index in [2.05, 4.69) is 33.1 Å². The van der Waals surface area contributed by atoms with Crippen LogP contribution in [0.25, 0.3) is 10.2 Å². The van der Waals surface area contributed by atoms with Crippen LogP contribution >= 0.6 is 22.9 Å². The smallest absolute Gasteiger partial charge is 0.348 e. The van der Waals surface area contributed by atoms with Crippen molar-refractivity contribution in [3.63, 3.8) is 0 Å². The zero-order chi connectivity index (χ0) is 22.1. The van der Waals surface area contributed by atoms with Crippen LogP contribution in [-0.2, 0) is 17.6 Å². The minimum atomic E-state index is -0.331. The van der Waals surface area contributed by atoms with Gasteiger partial charge in [0, 0.05) is 18.7 Å². The zero-order valence-electron chi connectivity index (χ0n) is 17.7. The molecule has 5 nitrogen and oxygen atoms in total. The highest BCUT2D eigenvalue weighted by molar-refractivity contribution is 7.20. The molecule has 0 unspecified atom stereocenters. The molecule has 0 fully saturated rings. The zero-order valence-corrected chi connectivity index (χ0v) is 19.2. The van der Waals surface area contributed by atoms with Crippen molar-refractivity contribution in [2.75, 3.05) is 18.1 Å². The summed E-state index contributed by atoms with van der Waals surface area (Å²) in [6, 6.07) is 18.3. The van der Waals surface area contributed by atoms with Crippen molar-refractivity contribution < 1.29 is 9.53 Å². The predicted molar refractivity (Wildman–Crippen MR) is 129 cm³/mol. The summed E-state index contributed by atoms with van der Waals surface area (Å²) in [5.74, 6) is 0.423. The lowest BCUT2D eigenvalue weighted by molar-refractivity contribution is 0.0514. The molecule has 0 radical (unpaired) electrons. The first-order chi connectivity index (χ1) is 15.6. The Hall–Kier alpha value is -2.96. The van der Waals surface area contributed by atoms with Crippen LogP contribution in [0.4, 0.5) is 11.5 Å². The Morgan fingerprint density at radius 2 is 1.91 bits per heavy atom. The van der Waals surface area contributed by atoms with Crippen molar-refractivity contribution in [1.29, 1.82) is 0 Å². The molecule has 0 saturated carbocycles. The van der Waals surface area contributed by atoms with Crippen LogP contribution in [0.3, 0.4) is 0 Å². The molecule has 32 heavy (non-hydrogen) atoms. The third kappa shape index (κ3) is 3.96. The SMILES string of the molecule is Cc1c(C(=O)OCCc2ccccc2)sc2nc(Cl)nc(N3CCCc4ccccc43)c12. The van der Waals surface area contributed by atoms with Gasteiger partial charge in [-0.3, -0.25) is 0 Å². The fourth-order valence-electron chi connectivity index (χ4n) is 4.21. The number of thiophene rings is 1. The number of aryl methyl sites for hydroxylation is 2. The molecular weight excluding hydrogens is 442 g/mol. The van der Waals surface area contributed by atoms with Crippen molar-refractivity contribution in [2.45, 2.75) is 26.2 Å². The van der Waals surface area contributed by atoms with E-state index in [1.807, 2.05) is 43.3 Å². The number of hydrogen-bond donors (Lipinski definition) is 0. The van der Waals surface area contributed by atoms with Gasteiger partial charge in [0.15, 0.2) is 0 Å². The summed E-state index contributed by atoms with van der Waals surface area (Å²) < 4.78 is 5.59. The number of nitrogens with zero attached hydrogens (tertiary/aromatic N) is 3. The molecule has 162 valence electrons. The van der Waals surface area contributed by atoms with Gasteiger partial charge in [-0.2, -0.15) is 4.98 Å². The van der Waals surface area contributed by atoms with Crippen LogP contribution in [0.1, 0.15) is 32.8 Å². The van der Waals surface area contributed by atoms with E-state index < -0.39 is 0 Å². The molecule has 1 aliphatic heterocycles. The van der Waals surface area contributed by atoms with Crippen LogP contribution in [0, 0.1) is 6.92 Å². The summed E-state index contributed by atoms with van der Waals surface area (Å²) in [4.78, 5) is 25.4.